The lowest BCUT2D eigenvalue weighted by molar-refractivity contribution is 0.102. The van der Waals surface area contributed by atoms with Crippen LogP contribution in [0.15, 0.2) is 66.1 Å². The molecule has 120 valence electrons. The molecule has 0 spiro atoms. The van der Waals surface area contributed by atoms with Crippen LogP contribution >= 0.6 is 11.8 Å². The first-order valence-electron chi connectivity index (χ1n) is 7.42. The third kappa shape index (κ3) is 4.39. The molecule has 0 saturated carbocycles. The van der Waals surface area contributed by atoms with Crippen LogP contribution < -0.4 is 5.32 Å². The van der Waals surface area contributed by atoms with Gasteiger partial charge in [0.25, 0.3) is 5.91 Å². The van der Waals surface area contributed by atoms with Gasteiger partial charge in [-0.2, -0.15) is 0 Å². The Hall–Kier alpha value is -2.73. The van der Waals surface area contributed by atoms with E-state index in [1.54, 1.807) is 24.2 Å². The fourth-order valence-corrected chi connectivity index (χ4v) is 2.82. The van der Waals surface area contributed by atoms with Crippen molar-refractivity contribution in [2.75, 3.05) is 5.32 Å². The second-order valence-electron chi connectivity index (χ2n) is 5.17. The van der Waals surface area contributed by atoms with Crippen molar-refractivity contribution in [3.05, 3.63) is 78.1 Å². The van der Waals surface area contributed by atoms with Crippen molar-refractivity contribution >= 4 is 23.4 Å². The molecule has 0 fully saturated rings. The molecule has 3 aromatic rings. The Labute approximate surface area is 144 Å². The molecule has 0 aliphatic heterocycles. The monoisotopic (exact) mass is 336 g/mol. The zero-order valence-electron chi connectivity index (χ0n) is 13.1. The van der Waals surface area contributed by atoms with E-state index in [-0.39, 0.29) is 5.91 Å². The van der Waals surface area contributed by atoms with Crippen LogP contribution in [0.1, 0.15) is 21.7 Å². The summed E-state index contributed by atoms with van der Waals surface area (Å²) >= 11 is 1.72. The molecule has 1 amide bonds. The summed E-state index contributed by atoms with van der Waals surface area (Å²) in [5.41, 5.74) is 2.99. The predicted molar refractivity (Wildman–Crippen MR) is 95.0 cm³/mol. The molecule has 3 rings (SSSR count). The minimum atomic E-state index is -0.265. The highest BCUT2D eigenvalue weighted by Crippen LogP contribution is 2.24. The number of rotatable bonds is 5. The summed E-state index contributed by atoms with van der Waals surface area (Å²) in [6.07, 6.45) is 6.68. The van der Waals surface area contributed by atoms with E-state index >= 15 is 0 Å². The maximum atomic E-state index is 12.1. The number of pyridine rings is 1. The Morgan fingerprint density at radius 1 is 1.08 bits per heavy atom. The van der Waals surface area contributed by atoms with Crippen LogP contribution in [-0.2, 0) is 5.75 Å². The summed E-state index contributed by atoms with van der Waals surface area (Å²) in [5, 5.41) is 2.82. The van der Waals surface area contributed by atoms with Gasteiger partial charge in [-0.15, -0.1) is 11.8 Å². The highest BCUT2D eigenvalue weighted by Gasteiger charge is 2.08. The molecule has 0 unspecified atom stereocenters. The predicted octanol–water partition coefficient (Wildman–Crippen LogP) is 3.72. The van der Waals surface area contributed by atoms with Gasteiger partial charge in [-0.1, -0.05) is 6.07 Å². The quantitative estimate of drug-likeness (QED) is 0.719. The van der Waals surface area contributed by atoms with E-state index < -0.39 is 0 Å². The number of aromatic nitrogens is 3. The van der Waals surface area contributed by atoms with Crippen molar-refractivity contribution in [3.63, 3.8) is 0 Å². The molecule has 0 aliphatic rings. The smallest absolute Gasteiger partial charge is 0.275 e. The average Bonchev–Trinajstić information content (AvgIpc) is 2.62. The Bertz CT molecular complexity index is 805. The molecule has 1 aromatic carbocycles. The van der Waals surface area contributed by atoms with Gasteiger partial charge in [-0.3, -0.25) is 14.8 Å². The van der Waals surface area contributed by atoms with Gasteiger partial charge in [0.15, 0.2) is 0 Å². The number of hydrogen-bond acceptors (Lipinski definition) is 5. The number of thioether (sulfide) groups is 1. The van der Waals surface area contributed by atoms with Gasteiger partial charge < -0.3 is 5.32 Å². The lowest BCUT2D eigenvalue weighted by Crippen LogP contribution is -2.14. The minimum absolute atomic E-state index is 0.265. The Balaban J connectivity index is 1.58. The molecule has 6 heteroatoms. The van der Waals surface area contributed by atoms with Crippen molar-refractivity contribution in [1.82, 2.24) is 15.0 Å². The fraction of sp³-hybridized carbons (Fsp3) is 0.111. The Kier molecular flexibility index (Phi) is 5.18. The van der Waals surface area contributed by atoms with Crippen molar-refractivity contribution in [2.45, 2.75) is 17.6 Å². The highest BCUT2D eigenvalue weighted by molar-refractivity contribution is 7.98. The number of hydrogen-bond donors (Lipinski definition) is 1. The van der Waals surface area contributed by atoms with E-state index in [2.05, 4.69) is 26.3 Å². The molecule has 0 saturated heterocycles. The zero-order valence-corrected chi connectivity index (χ0v) is 14.0. The van der Waals surface area contributed by atoms with E-state index in [0.29, 0.717) is 5.69 Å². The van der Waals surface area contributed by atoms with Crippen molar-refractivity contribution in [1.29, 1.82) is 0 Å². The molecular formula is C18H16N4OS. The summed E-state index contributed by atoms with van der Waals surface area (Å²) in [4.78, 5) is 25.5. The molecule has 24 heavy (non-hydrogen) atoms. The molecule has 0 radical (unpaired) electrons. The zero-order chi connectivity index (χ0) is 16.8. The fourth-order valence-electron chi connectivity index (χ4n) is 1.99. The largest absolute Gasteiger partial charge is 0.321 e. The summed E-state index contributed by atoms with van der Waals surface area (Å²) in [6, 6.07) is 11.7. The first kappa shape index (κ1) is 16.1. The third-order valence-electron chi connectivity index (χ3n) is 3.25. The van der Waals surface area contributed by atoms with Crippen LogP contribution in [0.5, 0.6) is 0 Å². The summed E-state index contributed by atoms with van der Waals surface area (Å²) in [6.45, 7) is 1.83. The maximum absolute atomic E-state index is 12.1. The highest BCUT2D eigenvalue weighted by atomic mass is 32.2. The molecule has 1 N–H and O–H groups in total. The number of nitrogens with zero attached hydrogens (tertiary/aromatic N) is 3. The topological polar surface area (TPSA) is 67.8 Å². The molecule has 0 aliphatic carbocycles. The van der Waals surface area contributed by atoms with Gasteiger partial charge in [0.2, 0.25) is 0 Å². The van der Waals surface area contributed by atoms with Crippen molar-refractivity contribution in [3.8, 4) is 0 Å². The maximum Gasteiger partial charge on any atom is 0.275 e. The van der Waals surface area contributed by atoms with E-state index in [9.17, 15) is 4.79 Å². The van der Waals surface area contributed by atoms with Crippen LogP contribution in [0.4, 0.5) is 5.69 Å². The number of carbonyl (C=O) groups is 1. The van der Waals surface area contributed by atoms with Gasteiger partial charge in [0.1, 0.15) is 5.69 Å². The van der Waals surface area contributed by atoms with E-state index in [1.807, 2.05) is 43.5 Å². The van der Waals surface area contributed by atoms with Gasteiger partial charge in [0.05, 0.1) is 11.9 Å². The van der Waals surface area contributed by atoms with Gasteiger partial charge in [0, 0.05) is 34.9 Å². The first-order valence-corrected chi connectivity index (χ1v) is 8.41. The van der Waals surface area contributed by atoms with Crippen molar-refractivity contribution < 1.29 is 4.79 Å². The third-order valence-corrected chi connectivity index (χ3v) is 4.34. The number of amides is 1. The van der Waals surface area contributed by atoms with E-state index in [1.165, 1.54) is 11.8 Å². The second-order valence-corrected chi connectivity index (χ2v) is 6.22. The number of carbonyl (C=O) groups excluding carboxylic acids is 1. The van der Waals surface area contributed by atoms with Crippen LogP contribution in [0.25, 0.3) is 0 Å². The van der Waals surface area contributed by atoms with Crippen molar-refractivity contribution in [2.24, 2.45) is 0 Å². The minimum Gasteiger partial charge on any atom is -0.321 e. The lowest BCUT2D eigenvalue weighted by atomic mass is 10.3. The standard InChI is InChI=1S/C18H16N4OS/c1-13-9-21-17(11-20-13)18(23)22-15-4-6-16(7-5-15)24-12-14-3-2-8-19-10-14/h2-11H,12H2,1H3,(H,22,23). The van der Waals surface area contributed by atoms with Crippen LogP contribution in [0, 0.1) is 6.92 Å². The average molecular weight is 336 g/mol. The number of benzene rings is 1. The Morgan fingerprint density at radius 3 is 2.58 bits per heavy atom. The SMILES string of the molecule is Cc1cnc(C(=O)Nc2ccc(SCc3cccnc3)cc2)cn1. The van der Waals surface area contributed by atoms with Gasteiger partial charge in [-0.05, 0) is 42.8 Å². The van der Waals surface area contributed by atoms with Crippen LogP contribution in [-0.4, -0.2) is 20.9 Å². The summed E-state index contributed by atoms with van der Waals surface area (Å²) in [5.74, 6) is 0.594. The normalized spacial score (nSPS) is 10.4. The summed E-state index contributed by atoms with van der Waals surface area (Å²) < 4.78 is 0. The Morgan fingerprint density at radius 2 is 1.92 bits per heavy atom. The number of aryl methyl sites for hydroxylation is 1. The molecular weight excluding hydrogens is 320 g/mol. The molecule has 0 atom stereocenters. The second kappa shape index (κ2) is 7.70. The first-order chi connectivity index (χ1) is 11.7. The molecule has 5 nitrogen and oxygen atoms in total. The molecule has 2 aromatic heterocycles. The van der Waals surface area contributed by atoms with Gasteiger partial charge >= 0.3 is 0 Å². The van der Waals surface area contributed by atoms with E-state index in [0.717, 1.165) is 22.0 Å². The molecule has 2 heterocycles. The van der Waals surface area contributed by atoms with Gasteiger partial charge in [-0.25, -0.2) is 4.98 Å². The molecule has 0 bridgehead atoms. The van der Waals surface area contributed by atoms with Crippen LogP contribution in [0.3, 0.4) is 0 Å². The summed E-state index contributed by atoms with van der Waals surface area (Å²) in [7, 11) is 0. The van der Waals surface area contributed by atoms with E-state index in [4.69, 9.17) is 0 Å². The number of anilines is 1. The number of nitrogens with one attached hydrogen (secondary N) is 1. The lowest BCUT2D eigenvalue weighted by Gasteiger charge is -2.06. The van der Waals surface area contributed by atoms with Crippen LogP contribution in [0.2, 0.25) is 0 Å².